The van der Waals surface area contributed by atoms with Crippen molar-refractivity contribution >= 4 is 22.7 Å². The number of nitrogens with zero attached hydrogens (tertiary/aromatic N) is 3. The second-order valence-corrected chi connectivity index (χ2v) is 8.09. The molecule has 0 saturated heterocycles. The van der Waals surface area contributed by atoms with Gasteiger partial charge in [0, 0.05) is 30.2 Å². The summed E-state index contributed by atoms with van der Waals surface area (Å²) in [6.07, 6.45) is 1.45. The van der Waals surface area contributed by atoms with Crippen LogP contribution in [0.2, 0.25) is 0 Å². The molecule has 0 radical (unpaired) electrons. The number of benzene rings is 2. The largest absolute Gasteiger partial charge is 0.492 e. The van der Waals surface area contributed by atoms with E-state index in [1.54, 1.807) is 6.92 Å². The van der Waals surface area contributed by atoms with Gasteiger partial charge in [-0.25, -0.2) is 9.78 Å². The minimum Gasteiger partial charge on any atom is -0.492 e. The van der Waals surface area contributed by atoms with Crippen LogP contribution in [0.4, 0.5) is 0 Å². The van der Waals surface area contributed by atoms with Crippen molar-refractivity contribution in [1.29, 1.82) is 0 Å². The maximum atomic E-state index is 11.3. The van der Waals surface area contributed by atoms with Crippen molar-refractivity contribution in [2.24, 2.45) is 5.16 Å². The molecule has 0 aliphatic rings. The fraction of sp³-hybridized carbons (Fsp3) is 0.250. The number of carboxylic acids is 1. The molecule has 2 aromatic carbocycles. The highest BCUT2D eigenvalue weighted by molar-refractivity contribution is 6.12. The zero-order valence-electron chi connectivity index (χ0n) is 20.3. The summed E-state index contributed by atoms with van der Waals surface area (Å²) in [7, 11) is 1.53. The molecular weight excluding hydrogens is 458 g/mol. The van der Waals surface area contributed by atoms with Gasteiger partial charge in [-0.1, -0.05) is 47.6 Å². The van der Waals surface area contributed by atoms with Gasteiger partial charge in [0.2, 0.25) is 0 Å². The number of aliphatic carboxylic acids is 1. The molecule has 2 heterocycles. The van der Waals surface area contributed by atoms with Crippen LogP contribution < -0.4 is 4.74 Å². The third-order valence-electron chi connectivity index (χ3n) is 5.67. The van der Waals surface area contributed by atoms with Gasteiger partial charge in [-0.05, 0) is 42.8 Å². The van der Waals surface area contributed by atoms with Crippen LogP contribution in [0.3, 0.4) is 0 Å². The lowest BCUT2D eigenvalue weighted by atomic mass is 10.1. The maximum absolute atomic E-state index is 11.3. The Kier molecular flexibility index (Phi) is 8.31. The first-order chi connectivity index (χ1) is 17.6. The summed E-state index contributed by atoms with van der Waals surface area (Å²) >= 11 is 0. The quantitative estimate of drug-likeness (QED) is 0.233. The van der Waals surface area contributed by atoms with Crippen LogP contribution in [-0.2, 0) is 27.3 Å². The number of ether oxygens (including phenoxy) is 2. The molecule has 0 bridgehead atoms. The molecule has 0 aliphatic heterocycles. The van der Waals surface area contributed by atoms with Crippen LogP contribution in [0.5, 0.6) is 5.75 Å². The lowest BCUT2D eigenvalue weighted by Crippen LogP contribution is -2.26. The minimum absolute atomic E-state index is 0.310. The monoisotopic (exact) mass is 487 g/mol. The van der Waals surface area contributed by atoms with Gasteiger partial charge in [0.05, 0.1) is 12.2 Å². The summed E-state index contributed by atoms with van der Waals surface area (Å²) in [4.78, 5) is 21.3. The van der Waals surface area contributed by atoms with Crippen LogP contribution in [0, 0.1) is 0 Å². The Bertz CT molecular complexity index is 1320. The van der Waals surface area contributed by atoms with E-state index in [2.05, 4.69) is 5.16 Å². The van der Waals surface area contributed by atoms with Crippen LogP contribution in [0.15, 0.2) is 84.1 Å². The van der Waals surface area contributed by atoms with Crippen LogP contribution >= 0.6 is 0 Å². The predicted molar refractivity (Wildman–Crippen MR) is 138 cm³/mol. The molecular formula is C28H29N3O5. The first-order valence-corrected chi connectivity index (χ1v) is 11.8. The van der Waals surface area contributed by atoms with E-state index in [1.165, 1.54) is 7.11 Å². The molecule has 8 heteroatoms. The molecule has 1 N–H and O–H groups in total. The average molecular weight is 488 g/mol. The lowest BCUT2D eigenvalue weighted by molar-refractivity contribution is -0.149. The van der Waals surface area contributed by atoms with Gasteiger partial charge in [-0.15, -0.1) is 0 Å². The highest BCUT2D eigenvalue weighted by Crippen LogP contribution is 2.19. The van der Waals surface area contributed by atoms with Crippen LogP contribution in [0.25, 0.3) is 11.0 Å². The Morgan fingerprint density at radius 1 is 1.06 bits per heavy atom. The highest BCUT2D eigenvalue weighted by atomic mass is 16.6. The summed E-state index contributed by atoms with van der Waals surface area (Å²) in [6.45, 7) is 3.20. The molecule has 1 unspecified atom stereocenters. The molecule has 2 aromatic heterocycles. The molecule has 0 saturated carbocycles. The van der Waals surface area contributed by atoms with E-state index in [9.17, 15) is 9.90 Å². The molecule has 186 valence electrons. The highest BCUT2D eigenvalue weighted by Gasteiger charge is 2.18. The normalized spacial score (nSPS) is 12.4. The van der Waals surface area contributed by atoms with E-state index in [-0.39, 0.29) is 0 Å². The van der Waals surface area contributed by atoms with E-state index in [0.717, 1.165) is 27.9 Å². The molecule has 8 nitrogen and oxygen atoms in total. The van der Waals surface area contributed by atoms with E-state index in [1.807, 2.05) is 83.6 Å². The number of oxime groups is 1. The molecule has 1 atom stereocenters. The third kappa shape index (κ3) is 6.09. The summed E-state index contributed by atoms with van der Waals surface area (Å²) in [5, 5.41) is 14.5. The molecule has 4 rings (SSSR count). The molecule has 4 aromatic rings. The second-order valence-electron chi connectivity index (χ2n) is 8.09. The van der Waals surface area contributed by atoms with Gasteiger partial charge < -0.3 is 24.0 Å². The van der Waals surface area contributed by atoms with E-state index < -0.39 is 12.1 Å². The van der Waals surface area contributed by atoms with Crippen molar-refractivity contribution in [3.8, 4) is 5.75 Å². The molecule has 0 amide bonds. The van der Waals surface area contributed by atoms with Crippen molar-refractivity contribution < 1.29 is 24.2 Å². The fourth-order valence-electron chi connectivity index (χ4n) is 3.92. The van der Waals surface area contributed by atoms with Gasteiger partial charge in [0.1, 0.15) is 30.8 Å². The Balaban J connectivity index is 1.42. The van der Waals surface area contributed by atoms with Gasteiger partial charge in [0.15, 0.2) is 6.10 Å². The molecule has 0 fully saturated rings. The summed E-state index contributed by atoms with van der Waals surface area (Å²) in [5.41, 5.74) is 4.02. The maximum Gasteiger partial charge on any atom is 0.333 e. The van der Waals surface area contributed by atoms with Crippen molar-refractivity contribution in [2.45, 2.75) is 26.0 Å². The Hall–Kier alpha value is -4.17. The van der Waals surface area contributed by atoms with E-state index >= 15 is 0 Å². The van der Waals surface area contributed by atoms with Crippen LogP contribution in [0.1, 0.15) is 23.7 Å². The first-order valence-electron chi connectivity index (χ1n) is 11.8. The number of hydrogen-bond donors (Lipinski definition) is 1. The minimum atomic E-state index is -0.961. The van der Waals surface area contributed by atoms with Crippen molar-refractivity contribution in [1.82, 2.24) is 9.55 Å². The van der Waals surface area contributed by atoms with Gasteiger partial charge in [-0.3, -0.25) is 0 Å². The zero-order valence-corrected chi connectivity index (χ0v) is 20.3. The van der Waals surface area contributed by atoms with Crippen molar-refractivity contribution in [3.63, 3.8) is 0 Å². The summed E-state index contributed by atoms with van der Waals surface area (Å²) < 4.78 is 13.3. The van der Waals surface area contributed by atoms with Crippen LogP contribution in [-0.4, -0.2) is 52.8 Å². The number of fused-ring (bicyclic) bond motifs is 1. The Morgan fingerprint density at radius 3 is 2.53 bits per heavy atom. The van der Waals surface area contributed by atoms with Gasteiger partial charge in [-0.2, -0.15) is 0 Å². The number of rotatable bonds is 12. The number of carbonyl (C=O) groups is 1. The number of pyridine rings is 1. The zero-order chi connectivity index (χ0) is 25.3. The average Bonchev–Trinajstić information content (AvgIpc) is 3.30. The summed E-state index contributed by atoms with van der Waals surface area (Å²) in [5.74, 6) is -0.247. The predicted octanol–water partition coefficient (Wildman–Crippen LogP) is 4.55. The lowest BCUT2D eigenvalue weighted by Gasteiger charge is -2.13. The fourth-order valence-corrected chi connectivity index (χ4v) is 3.92. The van der Waals surface area contributed by atoms with Gasteiger partial charge >= 0.3 is 5.97 Å². The molecule has 36 heavy (non-hydrogen) atoms. The Labute approximate surface area is 209 Å². The number of hydrogen-bond acceptors (Lipinski definition) is 6. The Morgan fingerprint density at radius 2 is 1.83 bits per heavy atom. The SMILES string of the molecule is CCOC(Cc1ccc(OCCn2ccc3ccc(C(=NOC)c4ccccc4)nc32)cc1)C(=O)O. The van der Waals surface area contributed by atoms with E-state index in [4.69, 9.17) is 19.3 Å². The van der Waals surface area contributed by atoms with Crippen molar-refractivity contribution in [3.05, 3.63) is 95.8 Å². The number of carboxylic acid groups (broad SMARTS) is 1. The number of aromatic nitrogens is 2. The van der Waals surface area contributed by atoms with E-state index in [0.29, 0.717) is 37.6 Å². The smallest absolute Gasteiger partial charge is 0.333 e. The second kappa shape index (κ2) is 12.0. The third-order valence-corrected chi connectivity index (χ3v) is 5.67. The van der Waals surface area contributed by atoms with Crippen molar-refractivity contribution in [2.75, 3.05) is 20.3 Å². The molecule has 0 aliphatic carbocycles. The topological polar surface area (TPSA) is 95.2 Å². The first kappa shape index (κ1) is 24.9. The van der Waals surface area contributed by atoms with Gasteiger partial charge in [0.25, 0.3) is 0 Å². The summed E-state index contributed by atoms with van der Waals surface area (Å²) in [6, 6.07) is 23.2. The standard InChI is InChI=1S/C28H29N3O5/c1-3-35-25(28(32)33)19-20-9-12-23(13-10-20)36-18-17-31-16-15-22-11-14-24(29-27(22)31)26(30-34-2)21-7-5-4-6-8-21/h4-16,25H,3,17-19H2,1-2H3,(H,32,33). The molecule has 0 spiro atoms.